The fraction of sp³-hybridized carbons (Fsp3) is 0.600. The number of fused-ring (bicyclic) bond motifs is 2. The highest BCUT2D eigenvalue weighted by Gasteiger charge is 2.32. The van der Waals surface area contributed by atoms with Crippen molar-refractivity contribution in [1.29, 1.82) is 0 Å². The first-order valence-corrected chi connectivity index (χ1v) is 9.58. The third-order valence-corrected chi connectivity index (χ3v) is 5.99. The van der Waals surface area contributed by atoms with Gasteiger partial charge in [0.15, 0.2) is 5.58 Å². The van der Waals surface area contributed by atoms with Gasteiger partial charge in [0.25, 0.3) is 0 Å². The lowest BCUT2D eigenvalue weighted by Gasteiger charge is -2.41. The van der Waals surface area contributed by atoms with E-state index in [4.69, 9.17) is 4.42 Å². The van der Waals surface area contributed by atoms with Gasteiger partial charge >= 0.3 is 5.76 Å². The van der Waals surface area contributed by atoms with Gasteiger partial charge in [0.2, 0.25) is 5.91 Å². The zero-order valence-electron chi connectivity index (χ0n) is 14.7. The maximum Gasteiger partial charge on any atom is 0.419 e. The standard InChI is InChI=1S/C20H26N2O3/c23-19(21-13-11-15-6-1-2-7-16(15)14-21)10-5-12-22-17-8-3-4-9-18(17)25-20(22)24/h3-4,8-9,15-16H,1-2,5-7,10-14H2/t15-,16-/m0/s1. The minimum atomic E-state index is -0.336. The number of hydrogen-bond donors (Lipinski definition) is 0. The number of piperidine rings is 1. The van der Waals surface area contributed by atoms with Crippen LogP contribution >= 0.6 is 0 Å². The van der Waals surface area contributed by atoms with Crippen LogP contribution in [0.3, 0.4) is 0 Å². The Morgan fingerprint density at radius 3 is 2.80 bits per heavy atom. The molecule has 0 bridgehead atoms. The summed E-state index contributed by atoms with van der Waals surface area (Å²) in [7, 11) is 0. The van der Waals surface area contributed by atoms with E-state index >= 15 is 0 Å². The summed E-state index contributed by atoms with van der Waals surface area (Å²) in [6.45, 7) is 2.38. The molecule has 1 aliphatic heterocycles. The Bertz CT molecular complexity index is 807. The van der Waals surface area contributed by atoms with Gasteiger partial charge in [0.05, 0.1) is 5.52 Å². The Morgan fingerprint density at radius 1 is 1.12 bits per heavy atom. The predicted molar refractivity (Wildman–Crippen MR) is 96.4 cm³/mol. The normalized spacial score (nSPS) is 23.6. The monoisotopic (exact) mass is 342 g/mol. The largest absolute Gasteiger partial charge is 0.419 e. The van der Waals surface area contributed by atoms with E-state index in [0.717, 1.165) is 24.5 Å². The second-order valence-electron chi connectivity index (χ2n) is 7.52. The van der Waals surface area contributed by atoms with Crippen molar-refractivity contribution < 1.29 is 9.21 Å². The average Bonchev–Trinajstić information content (AvgIpc) is 2.96. The highest BCUT2D eigenvalue weighted by molar-refractivity contribution is 5.76. The molecule has 5 heteroatoms. The summed E-state index contributed by atoms with van der Waals surface area (Å²) in [4.78, 5) is 26.6. The lowest BCUT2D eigenvalue weighted by molar-refractivity contribution is -0.134. The molecule has 4 rings (SSSR count). The molecule has 1 amide bonds. The highest BCUT2D eigenvalue weighted by atomic mass is 16.4. The Morgan fingerprint density at radius 2 is 1.92 bits per heavy atom. The number of oxazole rings is 1. The molecule has 1 aromatic carbocycles. The van der Waals surface area contributed by atoms with Crippen LogP contribution in [0.2, 0.25) is 0 Å². The average molecular weight is 342 g/mol. The van der Waals surface area contributed by atoms with E-state index in [9.17, 15) is 9.59 Å². The van der Waals surface area contributed by atoms with E-state index in [0.29, 0.717) is 30.9 Å². The predicted octanol–water partition coefficient (Wildman–Crippen LogP) is 3.41. The molecular weight excluding hydrogens is 316 g/mol. The van der Waals surface area contributed by atoms with E-state index in [2.05, 4.69) is 4.90 Å². The molecule has 25 heavy (non-hydrogen) atoms. The Balaban J connectivity index is 1.33. The van der Waals surface area contributed by atoms with E-state index in [-0.39, 0.29) is 11.7 Å². The van der Waals surface area contributed by atoms with Crippen LogP contribution in [0.1, 0.15) is 44.9 Å². The van der Waals surface area contributed by atoms with Crippen LogP contribution in [0.25, 0.3) is 11.1 Å². The zero-order chi connectivity index (χ0) is 17.2. The van der Waals surface area contributed by atoms with Crippen LogP contribution in [-0.2, 0) is 11.3 Å². The third-order valence-electron chi connectivity index (χ3n) is 5.99. The van der Waals surface area contributed by atoms with Crippen molar-refractivity contribution in [2.75, 3.05) is 13.1 Å². The minimum absolute atomic E-state index is 0.241. The van der Waals surface area contributed by atoms with Gasteiger partial charge in [-0.3, -0.25) is 9.36 Å². The molecule has 1 aromatic heterocycles. The van der Waals surface area contributed by atoms with Crippen molar-refractivity contribution in [3.05, 3.63) is 34.8 Å². The molecule has 0 N–H and O–H groups in total. The van der Waals surface area contributed by atoms with Gasteiger partial charge in [-0.05, 0) is 43.2 Å². The van der Waals surface area contributed by atoms with Crippen LogP contribution in [0.4, 0.5) is 0 Å². The summed E-state index contributed by atoms with van der Waals surface area (Å²) in [6, 6.07) is 7.43. The number of carbonyl (C=O) groups is 1. The fourth-order valence-corrected chi connectivity index (χ4v) is 4.60. The minimum Gasteiger partial charge on any atom is -0.408 e. The third kappa shape index (κ3) is 3.37. The maximum atomic E-state index is 12.6. The van der Waals surface area contributed by atoms with Crippen molar-refractivity contribution >= 4 is 17.0 Å². The number of likely N-dealkylation sites (tertiary alicyclic amines) is 1. The smallest absolute Gasteiger partial charge is 0.408 e. The molecule has 1 saturated carbocycles. The molecule has 2 fully saturated rings. The molecule has 2 aromatic rings. The van der Waals surface area contributed by atoms with Crippen LogP contribution in [0.5, 0.6) is 0 Å². The fourth-order valence-electron chi connectivity index (χ4n) is 4.60. The first-order valence-electron chi connectivity index (χ1n) is 9.58. The highest BCUT2D eigenvalue weighted by Crippen LogP contribution is 2.36. The lowest BCUT2D eigenvalue weighted by Crippen LogP contribution is -2.44. The van der Waals surface area contributed by atoms with Crippen LogP contribution in [-0.4, -0.2) is 28.5 Å². The van der Waals surface area contributed by atoms with Crippen molar-refractivity contribution in [3.8, 4) is 0 Å². The topological polar surface area (TPSA) is 55.5 Å². The number of hydrogen-bond acceptors (Lipinski definition) is 3. The molecule has 0 unspecified atom stereocenters. The number of amides is 1. The van der Waals surface area contributed by atoms with Gasteiger partial charge in [-0.25, -0.2) is 4.79 Å². The maximum absolute atomic E-state index is 12.6. The van der Waals surface area contributed by atoms with Crippen molar-refractivity contribution in [2.24, 2.45) is 11.8 Å². The molecule has 1 aliphatic carbocycles. The second kappa shape index (κ2) is 7.06. The summed E-state index contributed by atoms with van der Waals surface area (Å²) < 4.78 is 6.88. The zero-order valence-corrected chi connectivity index (χ0v) is 14.7. The number of nitrogens with zero attached hydrogens (tertiary/aromatic N) is 2. The number of benzene rings is 1. The number of carbonyl (C=O) groups excluding carboxylic acids is 1. The van der Waals surface area contributed by atoms with Gasteiger partial charge in [0, 0.05) is 26.1 Å². The molecule has 2 aliphatic rings. The van der Waals surface area contributed by atoms with E-state index in [1.807, 2.05) is 18.2 Å². The van der Waals surface area contributed by atoms with Crippen LogP contribution in [0.15, 0.2) is 33.5 Å². The quantitative estimate of drug-likeness (QED) is 0.855. The number of aromatic nitrogens is 1. The number of aryl methyl sites for hydroxylation is 1. The molecule has 2 atom stereocenters. The Hall–Kier alpha value is -2.04. The van der Waals surface area contributed by atoms with Crippen molar-refractivity contribution in [1.82, 2.24) is 9.47 Å². The van der Waals surface area contributed by atoms with E-state index in [1.54, 1.807) is 10.6 Å². The first kappa shape index (κ1) is 16.4. The Kier molecular flexibility index (Phi) is 4.64. The van der Waals surface area contributed by atoms with Gasteiger partial charge < -0.3 is 9.32 Å². The molecule has 5 nitrogen and oxygen atoms in total. The van der Waals surface area contributed by atoms with Gasteiger partial charge in [-0.2, -0.15) is 0 Å². The van der Waals surface area contributed by atoms with Crippen LogP contribution in [0, 0.1) is 11.8 Å². The van der Waals surface area contributed by atoms with Crippen LogP contribution < -0.4 is 5.76 Å². The molecule has 134 valence electrons. The molecule has 1 saturated heterocycles. The molecular formula is C20H26N2O3. The molecule has 2 heterocycles. The first-order chi connectivity index (χ1) is 12.2. The van der Waals surface area contributed by atoms with E-state index < -0.39 is 0 Å². The molecule has 0 radical (unpaired) electrons. The lowest BCUT2D eigenvalue weighted by atomic mass is 9.75. The second-order valence-corrected chi connectivity index (χ2v) is 7.52. The van der Waals surface area contributed by atoms with Crippen molar-refractivity contribution in [2.45, 2.75) is 51.5 Å². The van der Waals surface area contributed by atoms with E-state index in [1.165, 1.54) is 32.1 Å². The Labute approximate surface area is 147 Å². The molecule has 0 spiro atoms. The summed E-state index contributed by atoms with van der Waals surface area (Å²) in [6.07, 6.45) is 7.66. The van der Waals surface area contributed by atoms with Gasteiger partial charge in [-0.15, -0.1) is 0 Å². The number of rotatable bonds is 4. The van der Waals surface area contributed by atoms with Gasteiger partial charge in [0.1, 0.15) is 0 Å². The number of para-hydroxylation sites is 2. The SMILES string of the molecule is O=C(CCCn1c(=O)oc2ccccc21)N1CC[C@@H]2CCCC[C@H]2C1. The summed E-state index contributed by atoms with van der Waals surface area (Å²) in [5.74, 6) is 1.46. The summed E-state index contributed by atoms with van der Waals surface area (Å²) in [5.41, 5.74) is 1.42. The summed E-state index contributed by atoms with van der Waals surface area (Å²) in [5, 5.41) is 0. The summed E-state index contributed by atoms with van der Waals surface area (Å²) >= 11 is 0. The van der Waals surface area contributed by atoms with Crippen molar-refractivity contribution in [3.63, 3.8) is 0 Å². The van der Waals surface area contributed by atoms with Gasteiger partial charge in [-0.1, -0.05) is 31.4 Å².